The van der Waals surface area contributed by atoms with E-state index in [0.717, 1.165) is 12.8 Å². The van der Waals surface area contributed by atoms with Crippen molar-refractivity contribution >= 4 is 0 Å². The van der Waals surface area contributed by atoms with E-state index in [9.17, 15) is 5.11 Å². The van der Waals surface area contributed by atoms with Crippen LogP contribution in [0, 0.1) is 0 Å². The van der Waals surface area contributed by atoms with Gasteiger partial charge in [-0.15, -0.1) is 0 Å². The van der Waals surface area contributed by atoms with Gasteiger partial charge in [0.2, 0.25) is 0 Å². The van der Waals surface area contributed by atoms with Gasteiger partial charge in [-0.25, -0.2) is 0 Å². The van der Waals surface area contributed by atoms with E-state index in [4.69, 9.17) is 9.47 Å². The van der Waals surface area contributed by atoms with Crippen LogP contribution >= 0.6 is 0 Å². The van der Waals surface area contributed by atoms with Crippen LogP contribution in [0.1, 0.15) is 26.7 Å². The Balaban J connectivity index is 1.83. The van der Waals surface area contributed by atoms with Crippen molar-refractivity contribution in [2.45, 2.75) is 57.1 Å². The van der Waals surface area contributed by atoms with Crippen molar-refractivity contribution < 1.29 is 14.6 Å². The van der Waals surface area contributed by atoms with Gasteiger partial charge in [0, 0.05) is 6.04 Å². The molecule has 0 aromatic carbocycles. The van der Waals surface area contributed by atoms with Crippen LogP contribution < -0.4 is 5.32 Å². The van der Waals surface area contributed by atoms with E-state index in [-0.39, 0.29) is 12.1 Å². The van der Waals surface area contributed by atoms with E-state index in [1.165, 1.54) is 0 Å². The normalized spacial score (nSPS) is 47.0. The van der Waals surface area contributed by atoms with Crippen LogP contribution in [0.25, 0.3) is 0 Å². The molecule has 0 aromatic rings. The number of hydrogen-bond acceptors (Lipinski definition) is 4. The highest BCUT2D eigenvalue weighted by Gasteiger charge is 2.31. The van der Waals surface area contributed by atoms with Crippen molar-refractivity contribution in [3.05, 3.63) is 0 Å². The number of aliphatic hydroxyl groups is 1. The third-order valence-electron chi connectivity index (χ3n) is 3.20. The quantitative estimate of drug-likeness (QED) is 0.695. The lowest BCUT2D eigenvalue weighted by Crippen LogP contribution is -2.49. The molecule has 2 fully saturated rings. The molecule has 0 spiro atoms. The molecule has 2 N–H and O–H groups in total. The second-order valence-electron chi connectivity index (χ2n) is 4.80. The standard InChI is InChI=1S/C11H21NO3/c1-7-3-9(4-8(2)15-7)12-10-5-14-6-11(10)13/h7-13H,3-6H2,1-2H3. The Morgan fingerprint density at radius 1 is 1.13 bits per heavy atom. The number of aliphatic hydroxyl groups excluding tert-OH is 1. The zero-order chi connectivity index (χ0) is 10.8. The molecule has 4 heteroatoms. The van der Waals surface area contributed by atoms with Crippen LogP contribution in [0.2, 0.25) is 0 Å². The maximum Gasteiger partial charge on any atom is 0.0948 e. The van der Waals surface area contributed by atoms with E-state index in [2.05, 4.69) is 19.2 Å². The minimum absolute atomic E-state index is 0.104. The van der Waals surface area contributed by atoms with Gasteiger partial charge in [-0.05, 0) is 26.7 Å². The van der Waals surface area contributed by atoms with Crippen LogP contribution in [0.3, 0.4) is 0 Å². The van der Waals surface area contributed by atoms with Crippen molar-refractivity contribution in [2.75, 3.05) is 13.2 Å². The summed E-state index contributed by atoms with van der Waals surface area (Å²) in [7, 11) is 0. The minimum Gasteiger partial charge on any atom is -0.389 e. The molecular formula is C11H21NO3. The third kappa shape index (κ3) is 2.91. The monoisotopic (exact) mass is 215 g/mol. The Labute approximate surface area is 90.9 Å². The van der Waals surface area contributed by atoms with Crippen molar-refractivity contribution in [2.24, 2.45) is 0 Å². The van der Waals surface area contributed by atoms with Gasteiger partial charge in [-0.1, -0.05) is 0 Å². The zero-order valence-corrected chi connectivity index (χ0v) is 9.48. The molecule has 2 aliphatic rings. The first-order valence-corrected chi connectivity index (χ1v) is 5.82. The minimum atomic E-state index is -0.349. The fraction of sp³-hybridized carbons (Fsp3) is 1.00. The number of hydrogen-bond donors (Lipinski definition) is 2. The van der Waals surface area contributed by atoms with E-state index < -0.39 is 0 Å². The topological polar surface area (TPSA) is 50.7 Å². The summed E-state index contributed by atoms with van der Waals surface area (Å²) in [5.74, 6) is 0. The van der Waals surface area contributed by atoms with Gasteiger partial charge in [0.15, 0.2) is 0 Å². The summed E-state index contributed by atoms with van der Waals surface area (Å²) in [6.45, 7) is 5.30. The Bertz CT molecular complexity index is 202. The molecule has 0 bridgehead atoms. The molecule has 0 radical (unpaired) electrons. The van der Waals surface area contributed by atoms with E-state index in [0.29, 0.717) is 31.5 Å². The molecule has 88 valence electrons. The molecule has 4 unspecified atom stereocenters. The van der Waals surface area contributed by atoms with Crippen molar-refractivity contribution in [3.8, 4) is 0 Å². The predicted molar refractivity (Wildman–Crippen MR) is 56.8 cm³/mol. The lowest BCUT2D eigenvalue weighted by molar-refractivity contribution is -0.0451. The average molecular weight is 215 g/mol. The highest BCUT2D eigenvalue weighted by molar-refractivity contribution is 4.87. The Kier molecular flexibility index (Phi) is 3.61. The van der Waals surface area contributed by atoms with Crippen LogP contribution in [-0.4, -0.2) is 48.7 Å². The maximum atomic E-state index is 9.63. The summed E-state index contributed by atoms with van der Waals surface area (Å²) in [5, 5.41) is 13.1. The molecule has 0 saturated carbocycles. The van der Waals surface area contributed by atoms with Crippen molar-refractivity contribution in [1.82, 2.24) is 5.32 Å². The molecule has 2 rings (SSSR count). The van der Waals surface area contributed by atoms with E-state index >= 15 is 0 Å². The summed E-state index contributed by atoms with van der Waals surface area (Å²) >= 11 is 0. The summed E-state index contributed by atoms with van der Waals surface area (Å²) < 4.78 is 10.9. The van der Waals surface area contributed by atoms with Crippen molar-refractivity contribution in [3.63, 3.8) is 0 Å². The lowest BCUT2D eigenvalue weighted by atomic mass is 9.98. The summed E-state index contributed by atoms with van der Waals surface area (Å²) in [4.78, 5) is 0. The second-order valence-corrected chi connectivity index (χ2v) is 4.80. The average Bonchev–Trinajstić information content (AvgIpc) is 2.50. The molecular weight excluding hydrogens is 194 g/mol. The first kappa shape index (κ1) is 11.3. The Morgan fingerprint density at radius 3 is 2.33 bits per heavy atom. The zero-order valence-electron chi connectivity index (χ0n) is 9.48. The predicted octanol–water partition coefficient (Wildman–Crippen LogP) is 0.292. The molecule has 2 aliphatic heterocycles. The Morgan fingerprint density at radius 2 is 1.80 bits per heavy atom. The molecule has 4 atom stereocenters. The fourth-order valence-corrected chi connectivity index (χ4v) is 2.55. The largest absolute Gasteiger partial charge is 0.389 e. The van der Waals surface area contributed by atoms with Crippen LogP contribution in [0.4, 0.5) is 0 Å². The second kappa shape index (κ2) is 4.78. The number of nitrogens with one attached hydrogen (secondary N) is 1. The summed E-state index contributed by atoms with van der Waals surface area (Å²) in [6.07, 6.45) is 2.32. The highest BCUT2D eigenvalue weighted by atomic mass is 16.5. The Hall–Kier alpha value is -0.160. The van der Waals surface area contributed by atoms with Gasteiger partial charge in [0.25, 0.3) is 0 Å². The summed E-state index contributed by atoms with van der Waals surface area (Å²) in [6, 6.07) is 0.553. The number of ether oxygens (including phenoxy) is 2. The molecule has 15 heavy (non-hydrogen) atoms. The number of rotatable bonds is 2. The smallest absolute Gasteiger partial charge is 0.0948 e. The molecule has 0 amide bonds. The molecule has 2 saturated heterocycles. The first-order chi connectivity index (χ1) is 7.15. The SMILES string of the molecule is CC1CC(NC2COCC2O)CC(C)O1. The van der Waals surface area contributed by atoms with E-state index in [1.54, 1.807) is 0 Å². The molecule has 2 heterocycles. The van der Waals surface area contributed by atoms with Gasteiger partial charge in [-0.2, -0.15) is 0 Å². The summed E-state index contributed by atoms with van der Waals surface area (Å²) in [5.41, 5.74) is 0. The maximum absolute atomic E-state index is 9.63. The van der Waals surface area contributed by atoms with Crippen molar-refractivity contribution in [1.29, 1.82) is 0 Å². The highest BCUT2D eigenvalue weighted by Crippen LogP contribution is 2.20. The van der Waals surface area contributed by atoms with Crippen LogP contribution in [0.15, 0.2) is 0 Å². The van der Waals surface area contributed by atoms with Gasteiger partial charge in [0.05, 0.1) is 37.6 Å². The lowest BCUT2D eigenvalue weighted by Gasteiger charge is -2.34. The van der Waals surface area contributed by atoms with E-state index in [1.807, 2.05) is 0 Å². The third-order valence-corrected chi connectivity index (χ3v) is 3.20. The molecule has 0 aliphatic carbocycles. The molecule has 0 aromatic heterocycles. The van der Waals surface area contributed by atoms with Gasteiger partial charge < -0.3 is 19.9 Å². The first-order valence-electron chi connectivity index (χ1n) is 5.82. The van der Waals surface area contributed by atoms with Crippen LogP contribution in [0.5, 0.6) is 0 Å². The van der Waals surface area contributed by atoms with Gasteiger partial charge in [-0.3, -0.25) is 0 Å². The van der Waals surface area contributed by atoms with Crippen LogP contribution in [-0.2, 0) is 9.47 Å². The molecule has 4 nitrogen and oxygen atoms in total. The van der Waals surface area contributed by atoms with Gasteiger partial charge in [0.1, 0.15) is 0 Å². The van der Waals surface area contributed by atoms with Gasteiger partial charge >= 0.3 is 0 Å². The fourth-order valence-electron chi connectivity index (χ4n) is 2.55.